The molecular formula is C28H28Cl2N2O10S. The average molecular weight is 656 g/mol. The van der Waals surface area contributed by atoms with Crippen molar-refractivity contribution in [3.63, 3.8) is 0 Å². The van der Waals surface area contributed by atoms with Crippen LogP contribution < -0.4 is 14.2 Å². The molecule has 1 aliphatic heterocycles. The predicted molar refractivity (Wildman–Crippen MR) is 157 cm³/mol. The SMILES string of the molecule is COc1cc(C(=O)N2CCO[C@](CCc3cccc(S(=O)(=O)O)c3[N+](=O)[O-])(c3ccc(Cl)c(Cl)c3)C2)cc(OC)c1OC. The van der Waals surface area contributed by atoms with Crippen molar-refractivity contribution in [1.29, 1.82) is 0 Å². The summed E-state index contributed by atoms with van der Waals surface area (Å²) in [4.78, 5) is 25.6. The minimum absolute atomic E-state index is 0.00619. The number of nitrogens with zero attached hydrogens (tertiary/aromatic N) is 2. The second kappa shape index (κ2) is 12.9. The second-order valence-electron chi connectivity index (χ2n) is 9.61. The van der Waals surface area contributed by atoms with Gasteiger partial charge >= 0.3 is 10.1 Å². The maximum absolute atomic E-state index is 13.8. The number of ether oxygens (including phenoxy) is 4. The Morgan fingerprint density at radius 3 is 2.30 bits per heavy atom. The first kappa shape index (κ1) is 32.3. The molecule has 3 aromatic carbocycles. The van der Waals surface area contributed by atoms with E-state index in [1.165, 1.54) is 45.6 Å². The molecule has 0 aliphatic carbocycles. The van der Waals surface area contributed by atoms with Crippen molar-refractivity contribution in [3.05, 3.63) is 85.4 Å². The maximum Gasteiger partial charge on any atom is 0.301 e. The lowest BCUT2D eigenvalue weighted by Crippen LogP contribution is -2.52. The highest BCUT2D eigenvalue weighted by Gasteiger charge is 2.41. The van der Waals surface area contributed by atoms with Gasteiger partial charge in [0.25, 0.3) is 11.6 Å². The molecule has 0 aromatic heterocycles. The quantitative estimate of drug-likeness (QED) is 0.176. The van der Waals surface area contributed by atoms with Crippen molar-refractivity contribution >= 4 is 44.9 Å². The number of amides is 1. The largest absolute Gasteiger partial charge is 0.493 e. The Morgan fingerprint density at radius 1 is 1.07 bits per heavy atom. The summed E-state index contributed by atoms with van der Waals surface area (Å²) in [5.74, 6) is 0.536. The molecule has 3 aromatic rings. The van der Waals surface area contributed by atoms with E-state index in [1.807, 2.05) is 0 Å². The number of benzene rings is 3. The summed E-state index contributed by atoms with van der Waals surface area (Å²) in [6, 6.07) is 11.6. The fourth-order valence-electron chi connectivity index (χ4n) is 5.12. The predicted octanol–water partition coefficient (Wildman–Crippen LogP) is 5.17. The molecule has 1 fully saturated rings. The van der Waals surface area contributed by atoms with Gasteiger partial charge in [0.05, 0.1) is 49.4 Å². The van der Waals surface area contributed by atoms with E-state index in [-0.39, 0.29) is 54.6 Å². The minimum atomic E-state index is -4.88. The first-order valence-electron chi connectivity index (χ1n) is 12.8. The van der Waals surface area contributed by atoms with Gasteiger partial charge in [-0.3, -0.25) is 19.5 Å². The Morgan fingerprint density at radius 2 is 1.74 bits per heavy atom. The molecule has 0 radical (unpaired) electrons. The monoisotopic (exact) mass is 654 g/mol. The smallest absolute Gasteiger partial charge is 0.301 e. The van der Waals surface area contributed by atoms with Crippen LogP contribution in [-0.4, -0.2) is 69.7 Å². The summed E-state index contributed by atoms with van der Waals surface area (Å²) >= 11 is 12.5. The molecule has 1 saturated heterocycles. The standard InChI is InChI=1S/C28H28Cl2N2O10S/c1-39-22-13-18(14-23(40-2)26(22)41-3)27(33)31-11-12-42-28(16-31,19-7-8-20(29)21(30)15-19)10-9-17-5-4-6-24(43(36,37)38)25(17)32(34)35/h4-8,13-15H,9-12,16H2,1-3H3,(H,36,37,38)/t28-/m0/s1. The van der Waals surface area contributed by atoms with E-state index in [2.05, 4.69) is 0 Å². The zero-order chi connectivity index (χ0) is 31.5. The van der Waals surface area contributed by atoms with Crippen molar-refractivity contribution in [2.45, 2.75) is 23.3 Å². The van der Waals surface area contributed by atoms with Crippen LogP contribution in [0.15, 0.2) is 53.4 Å². The van der Waals surface area contributed by atoms with Crippen LogP contribution in [0.5, 0.6) is 17.2 Å². The number of methoxy groups -OCH3 is 3. The Labute approximate surface area is 257 Å². The van der Waals surface area contributed by atoms with E-state index in [0.29, 0.717) is 27.8 Å². The third-order valence-corrected chi connectivity index (χ3v) is 8.80. The van der Waals surface area contributed by atoms with E-state index in [0.717, 1.165) is 6.07 Å². The molecule has 1 amide bonds. The normalized spacial score (nSPS) is 16.9. The molecule has 1 heterocycles. The summed E-state index contributed by atoms with van der Waals surface area (Å²) in [6.07, 6.45) is 0.0197. The van der Waals surface area contributed by atoms with Crippen molar-refractivity contribution in [1.82, 2.24) is 4.90 Å². The Bertz CT molecular complexity index is 1640. The average Bonchev–Trinajstić information content (AvgIpc) is 2.99. The van der Waals surface area contributed by atoms with Gasteiger partial charge in [-0.2, -0.15) is 8.42 Å². The summed E-state index contributed by atoms with van der Waals surface area (Å²) in [7, 11) is -0.554. The number of rotatable bonds is 10. The summed E-state index contributed by atoms with van der Waals surface area (Å²) in [5, 5.41) is 12.4. The van der Waals surface area contributed by atoms with Gasteiger partial charge in [0.2, 0.25) is 5.75 Å². The number of aryl methyl sites for hydroxylation is 1. The van der Waals surface area contributed by atoms with Crippen molar-refractivity contribution in [2.24, 2.45) is 0 Å². The number of nitro benzene ring substituents is 1. The van der Waals surface area contributed by atoms with Gasteiger partial charge in [0, 0.05) is 17.7 Å². The molecule has 0 bridgehead atoms. The van der Waals surface area contributed by atoms with Gasteiger partial charge in [-0.15, -0.1) is 0 Å². The van der Waals surface area contributed by atoms with Crippen LogP contribution >= 0.6 is 23.2 Å². The molecule has 0 unspecified atom stereocenters. The van der Waals surface area contributed by atoms with Crippen molar-refractivity contribution < 1.29 is 41.6 Å². The van der Waals surface area contributed by atoms with Crippen LogP contribution in [0.25, 0.3) is 0 Å². The van der Waals surface area contributed by atoms with Crippen LogP contribution in [0.2, 0.25) is 10.0 Å². The van der Waals surface area contributed by atoms with Crippen molar-refractivity contribution in [3.8, 4) is 17.2 Å². The number of halogens is 2. The molecule has 0 spiro atoms. The zero-order valence-corrected chi connectivity index (χ0v) is 25.7. The van der Waals surface area contributed by atoms with E-state index in [1.54, 1.807) is 23.1 Å². The number of morpholine rings is 1. The number of carbonyl (C=O) groups excluding carboxylic acids is 1. The second-order valence-corrected chi connectivity index (χ2v) is 11.8. The lowest BCUT2D eigenvalue weighted by Gasteiger charge is -2.43. The number of hydrogen-bond acceptors (Lipinski definition) is 9. The molecule has 1 aliphatic rings. The number of carbonyl (C=O) groups is 1. The lowest BCUT2D eigenvalue weighted by molar-refractivity contribution is -0.388. The first-order valence-corrected chi connectivity index (χ1v) is 15.0. The topological polar surface area (TPSA) is 155 Å². The van der Waals surface area contributed by atoms with Crippen LogP contribution in [-0.2, 0) is 26.9 Å². The van der Waals surface area contributed by atoms with Gasteiger partial charge in [-0.1, -0.05) is 41.4 Å². The molecule has 230 valence electrons. The van der Waals surface area contributed by atoms with E-state index in [4.69, 9.17) is 42.1 Å². The summed E-state index contributed by atoms with van der Waals surface area (Å²) in [6.45, 7) is 0.326. The van der Waals surface area contributed by atoms with Crippen LogP contribution in [0.4, 0.5) is 5.69 Å². The molecule has 4 rings (SSSR count). The van der Waals surface area contributed by atoms with E-state index in [9.17, 15) is 27.9 Å². The van der Waals surface area contributed by atoms with Gasteiger partial charge in [-0.25, -0.2) is 0 Å². The highest BCUT2D eigenvalue weighted by atomic mass is 35.5. The molecule has 43 heavy (non-hydrogen) atoms. The van der Waals surface area contributed by atoms with Crippen LogP contribution in [0.3, 0.4) is 0 Å². The zero-order valence-electron chi connectivity index (χ0n) is 23.3. The van der Waals surface area contributed by atoms with Crippen molar-refractivity contribution in [2.75, 3.05) is 41.0 Å². The highest BCUT2D eigenvalue weighted by Crippen LogP contribution is 2.41. The number of nitro groups is 1. The lowest BCUT2D eigenvalue weighted by atomic mass is 9.85. The Hall–Kier alpha value is -3.62. The van der Waals surface area contributed by atoms with Gasteiger partial charge < -0.3 is 23.8 Å². The minimum Gasteiger partial charge on any atom is -0.493 e. The number of hydrogen-bond donors (Lipinski definition) is 1. The van der Waals surface area contributed by atoms with Gasteiger partial charge in [0.15, 0.2) is 16.4 Å². The summed E-state index contributed by atoms with van der Waals surface area (Å²) in [5.41, 5.74) is -1.11. The van der Waals surface area contributed by atoms with Crippen LogP contribution in [0, 0.1) is 10.1 Å². The Kier molecular flexibility index (Phi) is 9.72. The van der Waals surface area contributed by atoms with Gasteiger partial charge in [0.1, 0.15) is 5.60 Å². The first-order chi connectivity index (χ1) is 20.3. The molecule has 1 N–H and O–H groups in total. The van der Waals surface area contributed by atoms with Gasteiger partial charge in [-0.05, 0) is 48.7 Å². The van der Waals surface area contributed by atoms with Crippen LogP contribution in [0.1, 0.15) is 27.9 Å². The summed E-state index contributed by atoms with van der Waals surface area (Å²) < 4.78 is 55.8. The van der Waals surface area contributed by atoms with E-state index < -0.39 is 31.2 Å². The Balaban J connectivity index is 1.76. The fraction of sp³-hybridized carbons (Fsp3) is 0.321. The third-order valence-electron chi connectivity index (χ3n) is 7.17. The third kappa shape index (κ3) is 6.65. The highest BCUT2D eigenvalue weighted by molar-refractivity contribution is 7.86. The molecule has 1 atom stereocenters. The maximum atomic E-state index is 13.8. The molecular weight excluding hydrogens is 627 g/mol. The van der Waals surface area contributed by atoms with E-state index >= 15 is 0 Å². The molecule has 15 heteroatoms. The molecule has 0 saturated carbocycles. The molecule has 12 nitrogen and oxygen atoms in total. The fourth-order valence-corrected chi connectivity index (χ4v) is 6.11. The number of para-hydroxylation sites is 1.